The molecule has 0 spiro atoms. The summed E-state index contributed by atoms with van der Waals surface area (Å²) in [6.07, 6.45) is 2.24. The van der Waals surface area contributed by atoms with Crippen LogP contribution >= 0.6 is 0 Å². The molecule has 0 saturated carbocycles. The minimum absolute atomic E-state index is 0.00491. The summed E-state index contributed by atoms with van der Waals surface area (Å²) in [6.45, 7) is 6.13. The number of fused-ring (bicyclic) bond motifs is 2. The average molecular weight is 442 g/mol. The zero-order valence-corrected chi connectivity index (χ0v) is 19.0. The van der Waals surface area contributed by atoms with Crippen LogP contribution in [0, 0.1) is 0 Å². The molecule has 2 aromatic heterocycles. The standard InChI is InChI=1S/C26H27N5O2/c1-26(2,3)33-25(32)30-16-19(15-18-9-4-6-11-21(18)30)28-23-13-8-14-24(29-23)31-17-27-20-10-5-7-12-22(20)31/h4-14,17,19H,15-16H2,1-3H3,(H,28,29). The molecule has 0 saturated heterocycles. The molecule has 33 heavy (non-hydrogen) atoms. The van der Waals surface area contributed by atoms with E-state index >= 15 is 0 Å². The minimum atomic E-state index is -0.560. The van der Waals surface area contributed by atoms with E-state index in [0.29, 0.717) is 6.54 Å². The van der Waals surface area contributed by atoms with Crippen LogP contribution in [0.2, 0.25) is 0 Å². The fourth-order valence-corrected chi connectivity index (χ4v) is 4.17. The van der Waals surface area contributed by atoms with Gasteiger partial charge < -0.3 is 10.1 Å². The topological polar surface area (TPSA) is 72.3 Å². The Hall–Kier alpha value is -3.87. The van der Waals surface area contributed by atoms with Crippen LogP contribution in [0.15, 0.2) is 73.1 Å². The Bertz CT molecular complexity index is 1310. The molecule has 3 heterocycles. The van der Waals surface area contributed by atoms with Crippen molar-refractivity contribution >= 4 is 28.6 Å². The Balaban J connectivity index is 1.41. The van der Waals surface area contributed by atoms with Gasteiger partial charge in [-0.2, -0.15) is 0 Å². The maximum Gasteiger partial charge on any atom is 0.414 e. The van der Waals surface area contributed by atoms with Crippen molar-refractivity contribution in [3.63, 3.8) is 0 Å². The summed E-state index contributed by atoms with van der Waals surface area (Å²) in [4.78, 5) is 24.0. The second-order valence-electron chi connectivity index (χ2n) is 9.25. The lowest BCUT2D eigenvalue weighted by Crippen LogP contribution is -2.47. The summed E-state index contributed by atoms with van der Waals surface area (Å²) >= 11 is 0. The van der Waals surface area contributed by atoms with Gasteiger partial charge in [0.25, 0.3) is 0 Å². The van der Waals surface area contributed by atoms with Gasteiger partial charge in [0.2, 0.25) is 0 Å². The lowest BCUT2D eigenvalue weighted by molar-refractivity contribution is 0.0576. The quantitative estimate of drug-likeness (QED) is 0.473. The third-order valence-electron chi connectivity index (χ3n) is 5.55. The molecule has 168 valence electrons. The first kappa shape index (κ1) is 21.0. The molecule has 1 atom stereocenters. The molecule has 1 aliphatic rings. The maximum absolute atomic E-state index is 13.0. The molecule has 0 aliphatic carbocycles. The second-order valence-corrected chi connectivity index (χ2v) is 9.25. The number of hydrogen-bond donors (Lipinski definition) is 1. The first-order valence-electron chi connectivity index (χ1n) is 11.1. The smallest absolute Gasteiger partial charge is 0.414 e. The van der Waals surface area contributed by atoms with Gasteiger partial charge in [0, 0.05) is 12.6 Å². The largest absolute Gasteiger partial charge is 0.443 e. The molecule has 7 nitrogen and oxygen atoms in total. The first-order chi connectivity index (χ1) is 15.9. The van der Waals surface area contributed by atoms with Crippen LogP contribution in [0.25, 0.3) is 16.9 Å². The fraction of sp³-hybridized carbons (Fsp3) is 0.269. The van der Waals surface area contributed by atoms with Crippen LogP contribution < -0.4 is 10.2 Å². The molecule has 1 aliphatic heterocycles. The van der Waals surface area contributed by atoms with Crippen LogP contribution in [0.4, 0.5) is 16.3 Å². The van der Waals surface area contributed by atoms with Gasteiger partial charge in [-0.3, -0.25) is 9.47 Å². The third kappa shape index (κ3) is 4.39. The highest BCUT2D eigenvalue weighted by Gasteiger charge is 2.31. The summed E-state index contributed by atoms with van der Waals surface area (Å²) in [6, 6.07) is 21.8. The molecule has 2 aromatic carbocycles. The fourth-order valence-electron chi connectivity index (χ4n) is 4.17. The number of rotatable bonds is 3. The number of anilines is 2. The molecule has 7 heteroatoms. The van der Waals surface area contributed by atoms with Crippen molar-refractivity contribution in [3.05, 3.63) is 78.6 Å². The van der Waals surface area contributed by atoms with Crippen molar-refractivity contribution in [2.24, 2.45) is 0 Å². The number of carbonyl (C=O) groups excluding carboxylic acids is 1. The molecule has 1 amide bonds. The van der Waals surface area contributed by atoms with E-state index in [0.717, 1.165) is 40.3 Å². The Morgan fingerprint density at radius 3 is 2.67 bits per heavy atom. The van der Waals surface area contributed by atoms with Gasteiger partial charge in [0.1, 0.15) is 23.6 Å². The van der Waals surface area contributed by atoms with E-state index in [1.54, 1.807) is 11.2 Å². The zero-order chi connectivity index (χ0) is 23.0. The van der Waals surface area contributed by atoms with Gasteiger partial charge in [0.05, 0.1) is 16.7 Å². The van der Waals surface area contributed by atoms with E-state index in [4.69, 9.17) is 9.72 Å². The van der Waals surface area contributed by atoms with Crippen LogP contribution in [-0.2, 0) is 11.2 Å². The zero-order valence-electron chi connectivity index (χ0n) is 19.0. The van der Waals surface area contributed by atoms with Crippen molar-refractivity contribution in [1.29, 1.82) is 0 Å². The van der Waals surface area contributed by atoms with E-state index in [9.17, 15) is 4.79 Å². The Kier molecular flexibility index (Phi) is 5.24. The number of hydrogen-bond acceptors (Lipinski definition) is 5. The number of imidazole rings is 1. The van der Waals surface area contributed by atoms with Crippen LogP contribution in [-0.4, -0.2) is 38.8 Å². The maximum atomic E-state index is 13.0. The average Bonchev–Trinajstić information content (AvgIpc) is 3.22. The highest BCUT2D eigenvalue weighted by Crippen LogP contribution is 2.30. The Morgan fingerprint density at radius 1 is 1.03 bits per heavy atom. The van der Waals surface area contributed by atoms with Gasteiger partial charge in [-0.25, -0.2) is 14.8 Å². The van der Waals surface area contributed by atoms with Crippen molar-refractivity contribution in [2.45, 2.75) is 38.8 Å². The number of nitrogens with zero attached hydrogens (tertiary/aromatic N) is 4. The van der Waals surface area contributed by atoms with Crippen molar-refractivity contribution in [1.82, 2.24) is 14.5 Å². The lowest BCUT2D eigenvalue weighted by atomic mass is 9.98. The summed E-state index contributed by atoms with van der Waals surface area (Å²) in [5.41, 5.74) is 3.37. The van der Waals surface area contributed by atoms with Gasteiger partial charge in [-0.05, 0) is 63.1 Å². The number of amides is 1. The molecule has 1 unspecified atom stereocenters. The highest BCUT2D eigenvalue weighted by molar-refractivity contribution is 5.90. The number of benzene rings is 2. The van der Waals surface area contributed by atoms with E-state index in [-0.39, 0.29) is 12.1 Å². The van der Waals surface area contributed by atoms with E-state index in [1.165, 1.54) is 0 Å². The Labute approximate surface area is 193 Å². The van der Waals surface area contributed by atoms with Gasteiger partial charge in [-0.15, -0.1) is 0 Å². The number of ether oxygens (including phenoxy) is 1. The first-order valence-corrected chi connectivity index (χ1v) is 11.1. The predicted octanol–water partition coefficient (Wildman–Crippen LogP) is 5.20. The van der Waals surface area contributed by atoms with Crippen LogP contribution in [0.1, 0.15) is 26.3 Å². The van der Waals surface area contributed by atoms with Gasteiger partial charge in [0.15, 0.2) is 0 Å². The van der Waals surface area contributed by atoms with Crippen molar-refractivity contribution < 1.29 is 9.53 Å². The van der Waals surface area contributed by atoms with Crippen molar-refractivity contribution in [3.8, 4) is 5.82 Å². The number of nitrogens with one attached hydrogen (secondary N) is 1. The predicted molar refractivity (Wildman–Crippen MR) is 130 cm³/mol. The summed E-state index contributed by atoms with van der Waals surface area (Å²) in [7, 11) is 0. The monoisotopic (exact) mass is 441 g/mol. The lowest BCUT2D eigenvalue weighted by Gasteiger charge is -2.36. The second kappa shape index (κ2) is 8.24. The van der Waals surface area contributed by atoms with Crippen LogP contribution in [0.3, 0.4) is 0 Å². The summed E-state index contributed by atoms with van der Waals surface area (Å²) < 4.78 is 7.65. The third-order valence-corrected chi connectivity index (χ3v) is 5.55. The van der Waals surface area contributed by atoms with E-state index in [1.807, 2.05) is 86.0 Å². The number of carbonyl (C=O) groups is 1. The van der Waals surface area contributed by atoms with Crippen molar-refractivity contribution in [2.75, 3.05) is 16.8 Å². The molecule has 1 N–H and O–H groups in total. The number of pyridine rings is 1. The normalized spacial score (nSPS) is 15.8. The number of aromatic nitrogens is 3. The van der Waals surface area contributed by atoms with E-state index in [2.05, 4.69) is 16.4 Å². The minimum Gasteiger partial charge on any atom is -0.443 e. The number of para-hydroxylation sites is 3. The molecular formula is C26H27N5O2. The molecule has 4 aromatic rings. The highest BCUT2D eigenvalue weighted by atomic mass is 16.6. The van der Waals surface area contributed by atoms with Gasteiger partial charge in [-0.1, -0.05) is 36.4 Å². The van der Waals surface area contributed by atoms with Crippen LogP contribution in [0.5, 0.6) is 0 Å². The summed E-state index contributed by atoms with van der Waals surface area (Å²) in [5.74, 6) is 1.53. The molecule has 5 rings (SSSR count). The molecule has 0 bridgehead atoms. The molecular weight excluding hydrogens is 414 g/mol. The SMILES string of the molecule is CC(C)(C)OC(=O)N1CC(Nc2cccc(-n3cnc4ccccc43)n2)Cc2ccccc21. The Morgan fingerprint density at radius 2 is 1.82 bits per heavy atom. The molecule has 0 radical (unpaired) electrons. The summed E-state index contributed by atoms with van der Waals surface area (Å²) in [5, 5.41) is 3.53. The van der Waals surface area contributed by atoms with Gasteiger partial charge >= 0.3 is 6.09 Å². The van der Waals surface area contributed by atoms with E-state index < -0.39 is 5.60 Å². The molecule has 0 fully saturated rings.